The molecule has 0 spiro atoms. The summed E-state index contributed by atoms with van der Waals surface area (Å²) in [6.07, 6.45) is 5.30. The minimum absolute atomic E-state index is 0.722. The van der Waals surface area contributed by atoms with Gasteiger partial charge < -0.3 is 0 Å². The highest BCUT2D eigenvalue weighted by Crippen LogP contribution is 2.26. The zero-order valence-corrected chi connectivity index (χ0v) is 13.1. The molecule has 20 heavy (non-hydrogen) atoms. The van der Waals surface area contributed by atoms with Gasteiger partial charge in [-0.3, -0.25) is 4.98 Å². The number of pyridine rings is 1. The van der Waals surface area contributed by atoms with Crippen molar-refractivity contribution in [3.05, 3.63) is 64.1 Å². The van der Waals surface area contributed by atoms with E-state index in [-0.39, 0.29) is 0 Å². The van der Waals surface area contributed by atoms with Gasteiger partial charge in [-0.2, -0.15) is 0 Å². The third-order valence-corrected chi connectivity index (χ3v) is 3.73. The van der Waals surface area contributed by atoms with Crippen molar-refractivity contribution >= 4 is 22.6 Å². The summed E-state index contributed by atoms with van der Waals surface area (Å²) in [7, 11) is 0. The monoisotopic (exact) mass is 373 g/mol. The maximum atomic E-state index is 4.48. The van der Waals surface area contributed by atoms with Crippen LogP contribution in [0.25, 0.3) is 22.6 Å². The van der Waals surface area contributed by atoms with Crippen molar-refractivity contribution in [1.29, 1.82) is 0 Å². The van der Waals surface area contributed by atoms with Crippen LogP contribution in [0.1, 0.15) is 5.56 Å². The summed E-state index contributed by atoms with van der Waals surface area (Å²) in [4.78, 5) is 13.0. The summed E-state index contributed by atoms with van der Waals surface area (Å²) in [6.45, 7) is 2.10. The molecule has 3 rings (SSSR count). The molecule has 0 saturated carbocycles. The molecule has 0 aliphatic carbocycles. The summed E-state index contributed by atoms with van der Waals surface area (Å²) >= 11 is 2.32. The average molecular weight is 373 g/mol. The maximum absolute atomic E-state index is 4.48. The topological polar surface area (TPSA) is 38.7 Å². The van der Waals surface area contributed by atoms with Gasteiger partial charge in [0.05, 0.1) is 5.69 Å². The van der Waals surface area contributed by atoms with Crippen molar-refractivity contribution in [2.45, 2.75) is 6.92 Å². The average Bonchev–Trinajstić information content (AvgIpc) is 2.51. The first-order valence-corrected chi connectivity index (χ1v) is 7.32. The number of hydrogen-bond acceptors (Lipinski definition) is 3. The van der Waals surface area contributed by atoms with E-state index in [0.29, 0.717) is 0 Å². The predicted molar refractivity (Wildman–Crippen MR) is 88.2 cm³/mol. The van der Waals surface area contributed by atoms with Crippen LogP contribution >= 0.6 is 22.6 Å². The summed E-state index contributed by atoms with van der Waals surface area (Å²) in [6, 6.07) is 12.1. The van der Waals surface area contributed by atoms with E-state index in [4.69, 9.17) is 0 Å². The summed E-state index contributed by atoms with van der Waals surface area (Å²) in [5.41, 5.74) is 4.29. The Bertz CT molecular complexity index is 742. The molecule has 3 nitrogen and oxygen atoms in total. The molecule has 1 aromatic carbocycles. The lowest BCUT2D eigenvalue weighted by atomic mass is 10.0. The molecule has 0 aliphatic heterocycles. The van der Waals surface area contributed by atoms with Gasteiger partial charge in [-0.25, -0.2) is 9.97 Å². The molecule has 0 amide bonds. The highest BCUT2D eigenvalue weighted by molar-refractivity contribution is 14.1. The van der Waals surface area contributed by atoms with Gasteiger partial charge >= 0.3 is 0 Å². The minimum atomic E-state index is 0.722. The van der Waals surface area contributed by atoms with Crippen molar-refractivity contribution in [2.24, 2.45) is 0 Å². The maximum Gasteiger partial charge on any atom is 0.159 e. The van der Waals surface area contributed by atoms with Gasteiger partial charge in [-0.1, -0.05) is 6.07 Å². The van der Waals surface area contributed by atoms with Gasteiger partial charge in [-0.15, -0.1) is 0 Å². The highest BCUT2D eigenvalue weighted by atomic mass is 127. The van der Waals surface area contributed by atoms with Gasteiger partial charge in [0, 0.05) is 33.3 Å². The Kier molecular flexibility index (Phi) is 3.73. The van der Waals surface area contributed by atoms with Gasteiger partial charge in [-0.05, 0) is 65.4 Å². The highest BCUT2D eigenvalue weighted by Gasteiger charge is 2.07. The van der Waals surface area contributed by atoms with E-state index >= 15 is 0 Å². The van der Waals surface area contributed by atoms with Crippen LogP contribution in [-0.2, 0) is 0 Å². The quantitative estimate of drug-likeness (QED) is 0.635. The van der Waals surface area contributed by atoms with E-state index in [1.807, 2.05) is 18.2 Å². The van der Waals surface area contributed by atoms with Crippen LogP contribution in [0.3, 0.4) is 0 Å². The number of nitrogens with zero attached hydrogens (tertiary/aromatic N) is 3. The Hall–Kier alpha value is -1.82. The summed E-state index contributed by atoms with van der Waals surface area (Å²) < 4.78 is 1.20. The van der Waals surface area contributed by atoms with E-state index in [0.717, 1.165) is 22.6 Å². The molecule has 0 unspecified atom stereocenters. The first kappa shape index (κ1) is 13.2. The molecule has 0 atom stereocenters. The third-order valence-electron chi connectivity index (χ3n) is 3.06. The van der Waals surface area contributed by atoms with Crippen molar-refractivity contribution in [2.75, 3.05) is 0 Å². The van der Waals surface area contributed by atoms with Crippen LogP contribution < -0.4 is 0 Å². The Balaban J connectivity index is 2.10. The first-order chi connectivity index (χ1) is 9.74. The summed E-state index contributed by atoms with van der Waals surface area (Å²) in [5.74, 6) is 0.722. The van der Waals surface area contributed by atoms with Crippen LogP contribution in [0.2, 0.25) is 0 Å². The van der Waals surface area contributed by atoms with E-state index < -0.39 is 0 Å². The number of benzene rings is 1. The molecular weight excluding hydrogens is 361 g/mol. The fourth-order valence-electron chi connectivity index (χ4n) is 2.04. The fourth-order valence-corrected chi connectivity index (χ4v) is 2.53. The molecule has 0 radical (unpaired) electrons. The molecule has 0 aliphatic rings. The molecule has 0 N–H and O–H groups in total. The molecule has 98 valence electrons. The summed E-state index contributed by atoms with van der Waals surface area (Å²) in [5, 5.41) is 0. The minimum Gasteiger partial charge on any atom is -0.256 e. The van der Waals surface area contributed by atoms with Crippen molar-refractivity contribution in [3.63, 3.8) is 0 Å². The number of halogens is 1. The second-order valence-corrected chi connectivity index (χ2v) is 5.71. The fraction of sp³-hybridized carbons (Fsp3) is 0.0625. The van der Waals surface area contributed by atoms with Crippen LogP contribution in [0, 0.1) is 10.5 Å². The standard InChI is InChI=1S/C16H12IN3/c1-11-3-4-13(17)10-14(11)15-9-12(5-8-18-15)16-19-6-2-7-20-16/h2-10H,1H3. The molecule has 3 aromatic rings. The van der Waals surface area contributed by atoms with E-state index in [9.17, 15) is 0 Å². The van der Waals surface area contributed by atoms with Gasteiger partial charge in [0.1, 0.15) is 0 Å². The van der Waals surface area contributed by atoms with E-state index in [1.54, 1.807) is 18.6 Å². The zero-order valence-electron chi connectivity index (χ0n) is 10.9. The molecule has 0 saturated heterocycles. The lowest BCUT2D eigenvalue weighted by Gasteiger charge is -2.07. The Morgan fingerprint density at radius 2 is 1.70 bits per heavy atom. The van der Waals surface area contributed by atoms with Crippen LogP contribution in [0.4, 0.5) is 0 Å². The lowest BCUT2D eigenvalue weighted by molar-refractivity contribution is 1.17. The van der Waals surface area contributed by atoms with Crippen molar-refractivity contribution < 1.29 is 0 Å². The van der Waals surface area contributed by atoms with E-state index in [1.165, 1.54) is 9.13 Å². The normalized spacial score (nSPS) is 10.5. The zero-order chi connectivity index (χ0) is 13.9. The molecule has 2 heterocycles. The molecule has 0 bridgehead atoms. The smallest absolute Gasteiger partial charge is 0.159 e. The predicted octanol–water partition coefficient (Wildman–Crippen LogP) is 4.12. The van der Waals surface area contributed by atoms with Gasteiger partial charge in [0.15, 0.2) is 5.82 Å². The number of aromatic nitrogens is 3. The van der Waals surface area contributed by atoms with Crippen LogP contribution in [0.5, 0.6) is 0 Å². The SMILES string of the molecule is Cc1ccc(I)cc1-c1cc(-c2ncccn2)ccn1. The lowest BCUT2D eigenvalue weighted by Crippen LogP contribution is -1.91. The van der Waals surface area contributed by atoms with Crippen molar-refractivity contribution in [1.82, 2.24) is 15.0 Å². The molecule has 2 aromatic heterocycles. The third kappa shape index (κ3) is 2.70. The molecule has 0 fully saturated rings. The largest absolute Gasteiger partial charge is 0.256 e. The Labute approximate surface area is 131 Å². The second kappa shape index (κ2) is 5.66. The van der Waals surface area contributed by atoms with Gasteiger partial charge in [0.25, 0.3) is 0 Å². The number of aryl methyl sites for hydroxylation is 1. The van der Waals surface area contributed by atoms with Crippen LogP contribution in [0.15, 0.2) is 55.0 Å². The number of rotatable bonds is 2. The molecule has 4 heteroatoms. The van der Waals surface area contributed by atoms with E-state index in [2.05, 4.69) is 62.7 Å². The number of hydrogen-bond donors (Lipinski definition) is 0. The Morgan fingerprint density at radius 3 is 2.50 bits per heavy atom. The second-order valence-electron chi connectivity index (χ2n) is 4.46. The first-order valence-electron chi connectivity index (χ1n) is 6.24. The molecular formula is C16H12IN3. The van der Waals surface area contributed by atoms with Gasteiger partial charge in [0.2, 0.25) is 0 Å². The van der Waals surface area contributed by atoms with Crippen molar-refractivity contribution in [3.8, 4) is 22.6 Å². The Morgan fingerprint density at radius 1 is 0.900 bits per heavy atom. The van der Waals surface area contributed by atoms with Crippen LogP contribution in [-0.4, -0.2) is 15.0 Å².